The second-order valence-electron chi connectivity index (χ2n) is 4.58. The van der Waals surface area contributed by atoms with Crippen LogP contribution in [0.15, 0.2) is 24.4 Å². The van der Waals surface area contributed by atoms with Crippen LogP contribution >= 0.6 is 0 Å². The average molecular weight is 249 g/mol. The Hall–Kier alpha value is -1.46. The molecule has 0 spiro atoms. The number of aliphatic carboxylic acids is 1. The number of aromatic nitrogens is 1. The van der Waals surface area contributed by atoms with Gasteiger partial charge >= 0.3 is 5.97 Å². The van der Waals surface area contributed by atoms with Crippen molar-refractivity contribution in [1.82, 2.24) is 14.8 Å². The predicted octanol–water partition coefficient (Wildman–Crippen LogP) is 0.326. The van der Waals surface area contributed by atoms with Crippen molar-refractivity contribution in [2.45, 2.75) is 6.42 Å². The molecule has 98 valence electrons. The molecule has 0 bridgehead atoms. The van der Waals surface area contributed by atoms with Crippen molar-refractivity contribution in [3.05, 3.63) is 30.1 Å². The fourth-order valence-electron chi connectivity index (χ4n) is 2.18. The predicted molar refractivity (Wildman–Crippen MR) is 68.5 cm³/mol. The molecule has 0 aromatic carbocycles. The zero-order valence-electron chi connectivity index (χ0n) is 10.5. The Balaban J connectivity index is 1.69. The highest BCUT2D eigenvalue weighted by molar-refractivity contribution is 5.69. The van der Waals surface area contributed by atoms with Gasteiger partial charge in [0.2, 0.25) is 0 Å². The van der Waals surface area contributed by atoms with Gasteiger partial charge in [0.25, 0.3) is 0 Å². The Morgan fingerprint density at radius 2 is 1.94 bits per heavy atom. The molecule has 1 aliphatic heterocycles. The van der Waals surface area contributed by atoms with Crippen LogP contribution in [-0.4, -0.2) is 65.1 Å². The number of piperazine rings is 1. The molecule has 0 radical (unpaired) electrons. The largest absolute Gasteiger partial charge is 0.480 e. The van der Waals surface area contributed by atoms with Crippen LogP contribution in [0.25, 0.3) is 0 Å². The molecule has 0 amide bonds. The van der Waals surface area contributed by atoms with Gasteiger partial charge in [-0.05, 0) is 12.1 Å². The molecule has 2 heterocycles. The fourth-order valence-corrected chi connectivity index (χ4v) is 2.18. The Morgan fingerprint density at radius 3 is 2.56 bits per heavy atom. The van der Waals surface area contributed by atoms with E-state index in [-0.39, 0.29) is 6.54 Å². The number of pyridine rings is 1. The molecule has 0 unspecified atom stereocenters. The summed E-state index contributed by atoms with van der Waals surface area (Å²) in [6.45, 7) is 4.73. The topological polar surface area (TPSA) is 56.7 Å². The highest BCUT2D eigenvalue weighted by Crippen LogP contribution is 2.03. The van der Waals surface area contributed by atoms with Gasteiger partial charge < -0.3 is 10.0 Å². The van der Waals surface area contributed by atoms with Crippen LogP contribution in [0.4, 0.5) is 0 Å². The molecule has 1 fully saturated rings. The standard InChI is InChI=1S/C13H19N3O2/c17-13(18)11-16-9-7-15(8-10-16)6-4-12-3-1-2-5-14-12/h1-3,5H,4,6-11H2,(H,17,18). The summed E-state index contributed by atoms with van der Waals surface area (Å²) >= 11 is 0. The van der Waals surface area contributed by atoms with E-state index in [1.807, 2.05) is 29.3 Å². The van der Waals surface area contributed by atoms with Gasteiger partial charge in [-0.3, -0.25) is 14.7 Å². The van der Waals surface area contributed by atoms with Crippen LogP contribution in [0, 0.1) is 0 Å². The molecule has 5 heteroatoms. The summed E-state index contributed by atoms with van der Waals surface area (Å²) in [5.41, 5.74) is 1.12. The third-order valence-electron chi connectivity index (χ3n) is 3.23. The van der Waals surface area contributed by atoms with Crippen LogP contribution in [0.5, 0.6) is 0 Å². The maximum atomic E-state index is 10.6. The fraction of sp³-hybridized carbons (Fsp3) is 0.538. The van der Waals surface area contributed by atoms with Gasteiger partial charge in [-0.25, -0.2) is 0 Å². The molecule has 1 aromatic rings. The molecule has 0 saturated carbocycles. The average Bonchev–Trinajstić information content (AvgIpc) is 2.38. The lowest BCUT2D eigenvalue weighted by Gasteiger charge is -2.33. The number of carbonyl (C=O) groups is 1. The van der Waals surface area contributed by atoms with Gasteiger partial charge in [-0.1, -0.05) is 6.07 Å². The highest BCUT2D eigenvalue weighted by Gasteiger charge is 2.18. The van der Waals surface area contributed by atoms with Crippen LogP contribution in [0.3, 0.4) is 0 Å². The first kappa shape index (κ1) is 13.0. The van der Waals surface area contributed by atoms with Crippen LogP contribution in [0.1, 0.15) is 5.69 Å². The van der Waals surface area contributed by atoms with Gasteiger partial charge in [0, 0.05) is 51.0 Å². The monoisotopic (exact) mass is 249 g/mol. The number of hydrogen-bond acceptors (Lipinski definition) is 4. The number of nitrogens with zero attached hydrogens (tertiary/aromatic N) is 3. The van der Waals surface area contributed by atoms with Crippen LogP contribution in [-0.2, 0) is 11.2 Å². The number of carboxylic acids is 1. The van der Waals surface area contributed by atoms with Crippen molar-refractivity contribution in [3.8, 4) is 0 Å². The summed E-state index contributed by atoms with van der Waals surface area (Å²) in [6.07, 6.45) is 2.78. The van der Waals surface area contributed by atoms with E-state index < -0.39 is 5.97 Å². The Labute approximate surface area is 107 Å². The van der Waals surface area contributed by atoms with E-state index in [1.165, 1.54) is 0 Å². The summed E-state index contributed by atoms with van der Waals surface area (Å²) in [7, 11) is 0. The molecule has 0 aliphatic carbocycles. The minimum atomic E-state index is -0.739. The molecule has 5 nitrogen and oxygen atoms in total. The lowest BCUT2D eigenvalue weighted by atomic mass is 10.2. The molecule has 1 saturated heterocycles. The molecule has 2 rings (SSSR count). The maximum Gasteiger partial charge on any atom is 0.317 e. The maximum absolute atomic E-state index is 10.6. The van der Waals surface area contributed by atoms with Crippen molar-refractivity contribution in [2.24, 2.45) is 0 Å². The zero-order chi connectivity index (χ0) is 12.8. The third-order valence-corrected chi connectivity index (χ3v) is 3.23. The first-order chi connectivity index (χ1) is 8.74. The molecule has 1 aromatic heterocycles. The van der Waals surface area contributed by atoms with Gasteiger partial charge in [0.1, 0.15) is 0 Å². The van der Waals surface area contributed by atoms with Crippen molar-refractivity contribution >= 4 is 5.97 Å². The Bertz CT molecular complexity index is 375. The van der Waals surface area contributed by atoms with Crippen molar-refractivity contribution in [1.29, 1.82) is 0 Å². The summed E-state index contributed by atoms with van der Waals surface area (Å²) in [6, 6.07) is 5.97. The third kappa shape index (κ3) is 4.09. The van der Waals surface area contributed by atoms with Crippen LogP contribution in [0.2, 0.25) is 0 Å². The summed E-state index contributed by atoms with van der Waals surface area (Å²) in [4.78, 5) is 19.3. The SMILES string of the molecule is O=C(O)CN1CCN(CCc2ccccn2)CC1. The molecular weight excluding hydrogens is 230 g/mol. The van der Waals surface area contributed by atoms with Gasteiger partial charge in [0.05, 0.1) is 6.54 Å². The lowest BCUT2D eigenvalue weighted by molar-refractivity contribution is -0.138. The van der Waals surface area contributed by atoms with E-state index in [1.54, 1.807) is 0 Å². The summed E-state index contributed by atoms with van der Waals surface area (Å²) in [5.74, 6) is -0.739. The van der Waals surface area contributed by atoms with Crippen molar-refractivity contribution in [3.63, 3.8) is 0 Å². The van der Waals surface area contributed by atoms with E-state index >= 15 is 0 Å². The molecular formula is C13H19N3O2. The van der Waals surface area contributed by atoms with Crippen LogP contribution < -0.4 is 0 Å². The minimum Gasteiger partial charge on any atom is -0.480 e. The van der Waals surface area contributed by atoms with Gasteiger partial charge in [-0.15, -0.1) is 0 Å². The second kappa shape index (κ2) is 6.47. The van der Waals surface area contributed by atoms with Gasteiger partial charge in [0.15, 0.2) is 0 Å². The zero-order valence-corrected chi connectivity index (χ0v) is 10.5. The van der Waals surface area contributed by atoms with Gasteiger partial charge in [-0.2, -0.15) is 0 Å². The van der Waals surface area contributed by atoms with Crippen molar-refractivity contribution in [2.75, 3.05) is 39.3 Å². The van der Waals surface area contributed by atoms with E-state index in [2.05, 4.69) is 9.88 Å². The smallest absolute Gasteiger partial charge is 0.317 e. The molecule has 18 heavy (non-hydrogen) atoms. The number of carboxylic acid groups (broad SMARTS) is 1. The molecule has 0 atom stereocenters. The highest BCUT2D eigenvalue weighted by atomic mass is 16.4. The first-order valence-electron chi connectivity index (χ1n) is 6.30. The Kier molecular flexibility index (Phi) is 4.66. The molecule has 1 N–H and O–H groups in total. The number of rotatable bonds is 5. The first-order valence-corrected chi connectivity index (χ1v) is 6.30. The van der Waals surface area contributed by atoms with E-state index in [4.69, 9.17) is 5.11 Å². The van der Waals surface area contributed by atoms with E-state index in [9.17, 15) is 4.79 Å². The number of hydrogen-bond donors (Lipinski definition) is 1. The summed E-state index contributed by atoms with van der Waals surface area (Å²) in [5, 5.41) is 8.72. The normalized spacial score (nSPS) is 17.8. The Morgan fingerprint density at radius 1 is 1.22 bits per heavy atom. The van der Waals surface area contributed by atoms with E-state index in [0.717, 1.165) is 44.8 Å². The van der Waals surface area contributed by atoms with E-state index in [0.29, 0.717) is 0 Å². The second-order valence-corrected chi connectivity index (χ2v) is 4.58. The summed E-state index contributed by atoms with van der Waals surface area (Å²) < 4.78 is 0. The quantitative estimate of drug-likeness (QED) is 0.815. The van der Waals surface area contributed by atoms with Crippen molar-refractivity contribution < 1.29 is 9.90 Å². The lowest BCUT2D eigenvalue weighted by Crippen LogP contribution is -2.48. The minimum absolute atomic E-state index is 0.161. The molecule has 1 aliphatic rings.